The van der Waals surface area contributed by atoms with Crippen molar-refractivity contribution in [2.24, 2.45) is 11.8 Å². The molecule has 0 bridgehead atoms. The highest BCUT2D eigenvalue weighted by atomic mass is 16.5. The summed E-state index contributed by atoms with van der Waals surface area (Å²) in [5.41, 5.74) is 2.84. The van der Waals surface area contributed by atoms with E-state index in [0.29, 0.717) is 11.6 Å². The molecule has 0 unspecified atom stereocenters. The fourth-order valence-corrected chi connectivity index (χ4v) is 2.75. The van der Waals surface area contributed by atoms with Gasteiger partial charge >= 0.3 is 17.8 Å². The van der Waals surface area contributed by atoms with Gasteiger partial charge in [-0.1, -0.05) is 0 Å². The number of methoxy groups -OCH3 is 1. The van der Waals surface area contributed by atoms with Gasteiger partial charge in [-0.3, -0.25) is 19.8 Å². The van der Waals surface area contributed by atoms with Gasteiger partial charge in [0.15, 0.2) is 0 Å². The van der Waals surface area contributed by atoms with Gasteiger partial charge in [0.1, 0.15) is 6.10 Å². The van der Waals surface area contributed by atoms with Crippen molar-refractivity contribution in [3.05, 3.63) is 17.8 Å². The summed E-state index contributed by atoms with van der Waals surface area (Å²) in [5.74, 6) is 3.30. The van der Waals surface area contributed by atoms with E-state index < -0.39 is 11.8 Å². The first-order valence-electron chi connectivity index (χ1n) is 7.97. The number of anilines is 1. The fraction of sp³-hybridized carbons (Fsp3) is 0.500. The minimum absolute atomic E-state index is 0.0180. The average molecular weight is 350 g/mol. The summed E-state index contributed by atoms with van der Waals surface area (Å²) in [7, 11) is 1.40. The molecule has 1 fully saturated rings. The number of hydrogen-bond acceptors (Lipinski definition) is 7. The minimum Gasteiger partial charge on any atom is -0.474 e. The number of nitrogens with one attached hydrogen (secondary N) is 2. The van der Waals surface area contributed by atoms with Crippen LogP contribution in [-0.4, -0.2) is 36.0 Å². The minimum atomic E-state index is -0.944. The van der Waals surface area contributed by atoms with Gasteiger partial charge < -0.3 is 14.8 Å². The molecule has 1 aliphatic carbocycles. The van der Waals surface area contributed by atoms with Gasteiger partial charge in [-0.2, -0.15) is 0 Å². The van der Waals surface area contributed by atoms with E-state index in [1.165, 1.54) is 13.3 Å². The summed E-state index contributed by atoms with van der Waals surface area (Å²) in [4.78, 5) is 38.3. The summed E-state index contributed by atoms with van der Waals surface area (Å²) < 4.78 is 10.7. The number of aryl methyl sites for hydroxylation is 1. The molecule has 136 valence electrons. The third-order valence-electron chi connectivity index (χ3n) is 4.11. The molecular formula is C16H22N4O5. The first-order valence-corrected chi connectivity index (χ1v) is 7.97. The molecule has 25 heavy (non-hydrogen) atoms. The Hall–Kier alpha value is -2.68. The van der Waals surface area contributed by atoms with E-state index in [1.807, 2.05) is 0 Å². The number of carbonyl (C=O) groups is 3. The number of nitrogens with two attached hydrogens (primary N) is 1. The van der Waals surface area contributed by atoms with Crippen LogP contribution >= 0.6 is 0 Å². The number of aromatic nitrogens is 1. The maximum absolute atomic E-state index is 11.5. The van der Waals surface area contributed by atoms with Crippen LogP contribution in [0.2, 0.25) is 0 Å². The Morgan fingerprint density at radius 3 is 2.44 bits per heavy atom. The van der Waals surface area contributed by atoms with E-state index >= 15 is 0 Å². The smallest absolute Gasteiger partial charge is 0.323 e. The van der Waals surface area contributed by atoms with Crippen LogP contribution in [0.5, 0.6) is 5.88 Å². The Labute approximate surface area is 145 Å². The SMILES string of the molecule is COC(=O)[C@H]1CC[C@H](Oc2ncc(NC(=O)C(=O)NN)cc2C)CC1. The number of pyridine rings is 1. The van der Waals surface area contributed by atoms with Crippen LogP contribution in [0.3, 0.4) is 0 Å². The first-order chi connectivity index (χ1) is 11.9. The lowest BCUT2D eigenvalue weighted by Gasteiger charge is -2.27. The zero-order chi connectivity index (χ0) is 18.4. The molecule has 1 saturated carbocycles. The van der Waals surface area contributed by atoms with E-state index in [9.17, 15) is 14.4 Å². The molecule has 0 spiro atoms. The third kappa shape index (κ3) is 4.90. The van der Waals surface area contributed by atoms with Crippen LogP contribution in [0.4, 0.5) is 5.69 Å². The van der Waals surface area contributed by atoms with Crippen molar-refractivity contribution in [2.75, 3.05) is 12.4 Å². The van der Waals surface area contributed by atoms with Crippen molar-refractivity contribution >= 4 is 23.5 Å². The predicted octanol–water partition coefficient (Wildman–Crippen LogP) is 0.429. The Morgan fingerprint density at radius 1 is 1.20 bits per heavy atom. The zero-order valence-electron chi connectivity index (χ0n) is 14.2. The zero-order valence-corrected chi connectivity index (χ0v) is 14.2. The molecule has 1 aliphatic rings. The van der Waals surface area contributed by atoms with Gasteiger partial charge in [0, 0.05) is 5.56 Å². The van der Waals surface area contributed by atoms with Gasteiger partial charge in [-0.25, -0.2) is 10.8 Å². The van der Waals surface area contributed by atoms with Gasteiger partial charge in [-0.05, 0) is 38.7 Å². The van der Waals surface area contributed by atoms with E-state index in [0.717, 1.165) is 31.2 Å². The quantitative estimate of drug-likeness (QED) is 0.236. The van der Waals surface area contributed by atoms with Crippen LogP contribution in [0.1, 0.15) is 31.2 Å². The maximum atomic E-state index is 11.5. The number of amides is 2. The number of nitrogens with zero attached hydrogens (tertiary/aromatic N) is 1. The lowest BCUT2D eigenvalue weighted by Crippen LogP contribution is -2.39. The summed E-state index contributed by atoms with van der Waals surface area (Å²) >= 11 is 0. The molecule has 9 nitrogen and oxygen atoms in total. The van der Waals surface area contributed by atoms with Crippen molar-refractivity contribution in [3.8, 4) is 5.88 Å². The molecular weight excluding hydrogens is 328 g/mol. The molecule has 4 N–H and O–H groups in total. The van der Waals surface area contributed by atoms with Crippen LogP contribution in [-0.2, 0) is 19.1 Å². The van der Waals surface area contributed by atoms with Crippen molar-refractivity contribution in [1.82, 2.24) is 10.4 Å². The van der Waals surface area contributed by atoms with Crippen LogP contribution in [0.15, 0.2) is 12.3 Å². The number of rotatable bonds is 4. The second-order valence-electron chi connectivity index (χ2n) is 5.89. The standard InChI is InChI=1S/C16H22N4O5/c1-9-7-11(19-13(21)14(22)20-17)8-18-15(9)25-12-5-3-10(4-6-12)16(23)24-2/h7-8,10,12H,3-6,17H2,1-2H3,(H,19,21)(H,20,22)/t10-,12-. The molecule has 0 aliphatic heterocycles. The Kier molecular flexibility index (Phi) is 6.29. The molecule has 0 atom stereocenters. The summed E-state index contributed by atoms with van der Waals surface area (Å²) in [6, 6.07) is 1.66. The number of hydrazine groups is 1. The topological polar surface area (TPSA) is 133 Å². The van der Waals surface area contributed by atoms with Crippen LogP contribution in [0, 0.1) is 12.8 Å². The summed E-state index contributed by atoms with van der Waals surface area (Å²) in [6.07, 6.45) is 4.32. The third-order valence-corrected chi connectivity index (χ3v) is 4.11. The molecule has 0 radical (unpaired) electrons. The lowest BCUT2D eigenvalue weighted by molar-refractivity contribution is -0.147. The van der Waals surface area contributed by atoms with E-state index in [4.69, 9.17) is 15.3 Å². The summed E-state index contributed by atoms with van der Waals surface area (Å²) in [5, 5.41) is 2.39. The Balaban J connectivity index is 1.92. The molecule has 2 rings (SSSR count). The molecule has 0 aromatic carbocycles. The number of ether oxygens (including phenoxy) is 2. The van der Waals surface area contributed by atoms with Crippen LogP contribution in [0.25, 0.3) is 0 Å². The van der Waals surface area contributed by atoms with E-state index in [-0.39, 0.29) is 18.0 Å². The second kappa shape index (κ2) is 8.43. The summed E-state index contributed by atoms with van der Waals surface area (Å²) in [6.45, 7) is 1.79. The molecule has 1 aromatic rings. The van der Waals surface area contributed by atoms with Gasteiger partial charge in [0.25, 0.3) is 0 Å². The monoisotopic (exact) mass is 350 g/mol. The van der Waals surface area contributed by atoms with Crippen LogP contribution < -0.4 is 21.3 Å². The average Bonchev–Trinajstić information content (AvgIpc) is 2.63. The van der Waals surface area contributed by atoms with Gasteiger partial charge in [0.05, 0.1) is 24.9 Å². The predicted molar refractivity (Wildman–Crippen MR) is 88.3 cm³/mol. The fourth-order valence-electron chi connectivity index (χ4n) is 2.75. The van der Waals surface area contributed by atoms with Gasteiger partial charge in [-0.15, -0.1) is 0 Å². The lowest BCUT2D eigenvalue weighted by atomic mass is 9.87. The molecule has 1 heterocycles. The second-order valence-corrected chi connectivity index (χ2v) is 5.89. The highest BCUT2D eigenvalue weighted by Crippen LogP contribution is 2.29. The van der Waals surface area contributed by atoms with Crippen molar-refractivity contribution in [1.29, 1.82) is 0 Å². The van der Waals surface area contributed by atoms with Crippen molar-refractivity contribution in [2.45, 2.75) is 38.7 Å². The molecule has 2 amide bonds. The largest absolute Gasteiger partial charge is 0.474 e. The van der Waals surface area contributed by atoms with Crippen molar-refractivity contribution in [3.63, 3.8) is 0 Å². The van der Waals surface area contributed by atoms with E-state index in [1.54, 1.807) is 18.4 Å². The Bertz CT molecular complexity index is 656. The van der Waals surface area contributed by atoms with Crippen molar-refractivity contribution < 1.29 is 23.9 Å². The highest BCUT2D eigenvalue weighted by molar-refractivity contribution is 6.39. The Morgan fingerprint density at radius 2 is 1.88 bits per heavy atom. The highest BCUT2D eigenvalue weighted by Gasteiger charge is 2.28. The molecule has 1 aromatic heterocycles. The number of hydrogen-bond donors (Lipinski definition) is 3. The number of esters is 1. The molecule has 0 saturated heterocycles. The van der Waals surface area contributed by atoms with E-state index in [2.05, 4.69) is 10.3 Å². The normalized spacial score (nSPS) is 19.6. The van der Waals surface area contributed by atoms with Gasteiger partial charge in [0.2, 0.25) is 5.88 Å². The molecule has 9 heteroatoms. The maximum Gasteiger partial charge on any atom is 0.323 e. The number of carbonyl (C=O) groups excluding carboxylic acids is 3. The first kappa shape index (κ1) is 18.7.